The number of amides is 1. The second kappa shape index (κ2) is 7.29. The van der Waals surface area contributed by atoms with E-state index in [0.717, 1.165) is 38.7 Å². The van der Waals surface area contributed by atoms with E-state index in [4.69, 9.17) is 0 Å². The summed E-state index contributed by atoms with van der Waals surface area (Å²) in [4.78, 5) is 20.7. The molecule has 0 aliphatic rings. The van der Waals surface area contributed by atoms with Gasteiger partial charge in [-0.15, -0.1) is 22.7 Å². The number of hydrogen-bond acceptors (Lipinski definition) is 4. The lowest BCUT2D eigenvalue weighted by atomic mass is 10.2. The Kier molecular flexibility index (Phi) is 4.85. The number of carbonyl (C=O) groups excluding carboxylic acids is 1. The molecule has 0 saturated carbocycles. The number of thiazole rings is 1. The molecule has 138 valence electrons. The number of hydrogen-bond donors (Lipinski definition) is 0. The van der Waals surface area contributed by atoms with Crippen LogP contribution in [0.15, 0.2) is 47.8 Å². The lowest BCUT2D eigenvalue weighted by Crippen LogP contribution is -2.26. The third-order valence-corrected chi connectivity index (χ3v) is 6.64. The van der Waals surface area contributed by atoms with Crippen molar-refractivity contribution in [3.8, 4) is 0 Å². The maximum Gasteiger partial charge on any atom is 0.255 e. The van der Waals surface area contributed by atoms with E-state index in [-0.39, 0.29) is 5.91 Å². The molecule has 3 heterocycles. The first-order chi connectivity index (χ1) is 13.0. The molecule has 27 heavy (non-hydrogen) atoms. The second-order valence-corrected chi connectivity index (χ2v) is 8.83. The average molecular weight is 396 g/mol. The van der Waals surface area contributed by atoms with Gasteiger partial charge in [0.25, 0.3) is 5.91 Å². The van der Waals surface area contributed by atoms with Crippen molar-refractivity contribution in [1.82, 2.24) is 14.5 Å². The number of aromatic nitrogens is 2. The molecular weight excluding hydrogens is 374 g/mol. The zero-order valence-electron chi connectivity index (χ0n) is 15.6. The summed E-state index contributed by atoms with van der Waals surface area (Å²) in [6.45, 7) is 5.42. The van der Waals surface area contributed by atoms with Crippen molar-refractivity contribution in [2.45, 2.75) is 26.9 Å². The Morgan fingerprint density at radius 1 is 1.19 bits per heavy atom. The lowest BCUT2D eigenvalue weighted by molar-refractivity contribution is 0.0784. The van der Waals surface area contributed by atoms with Gasteiger partial charge in [-0.25, -0.2) is 4.98 Å². The number of nitrogens with zero attached hydrogens (tertiary/aromatic N) is 3. The van der Waals surface area contributed by atoms with Crippen LogP contribution in [-0.4, -0.2) is 27.4 Å². The van der Waals surface area contributed by atoms with Crippen LogP contribution < -0.4 is 0 Å². The maximum atomic E-state index is 13.0. The summed E-state index contributed by atoms with van der Waals surface area (Å²) in [5.74, 6) is 0.0415. The molecule has 0 bridgehead atoms. The highest BCUT2D eigenvalue weighted by Crippen LogP contribution is 2.24. The highest BCUT2D eigenvalue weighted by Gasteiger charge is 2.20. The fraction of sp³-hybridized carbons (Fsp3) is 0.238. The quantitative estimate of drug-likeness (QED) is 0.472. The first-order valence-corrected chi connectivity index (χ1v) is 10.5. The van der Waals surface area contributed by atoms with Gasteiger partial charge in [0.1, 0.15) is 5.01 Å². The normalized spacial score (nSPS) is 11.2. The number of benzene rings is 1. The third-order valence-electron chi connectivity index (χ3n) is 4.76. The molecule has 0 unspecified atom stereocenters. The minimum Gasteiger partial charge on any atom is -0.343 e. The number of carbonyl (C=O) groups is 1. The molecule has 6 heteroatoms. The van der Waals surface area contributed by atoms with Crippen LogP contribution in [0.3, 0.4) is 0 Å². The third kappa shape index (κ3) is 3.55. The van der Waals surface area contributed by atoms with E-state index >= 15 is 0 Å². The monoisotopic (exact) mass is 395 g/mol. The zero-order chi connectivity index (χ0) is 19.0. The molecule has 0 radical (unpaired) electrons. The summed E-state index contributed by atoms with van der Waals surface area (Å²) in [5, 5.41) is 3.04. The van der Waals surface area contributed by atoms with Crippen molar-refractivity contribution in [1.29, 1.82) is 0 Å². The van der Waals surface area contributed by atoms with Crippen LogP contribution in [0.5, 0.6) is 0 Å². The molecule has 0 aliphatic carbocycles. The summed E-state index contributed by atoms with van der Waals surface area (Å²) in [6.07, 6.45) is 0. The van der Waals surface area contributed by atoms with Gasteiger partial charge in [-0.05, 0) is 43.5 Å². The molecule has 0 atom stereocenters. The van der Waals surface area contributed by atoms with Crippen LogP contribution in [0, 0.1) is 13.8 Å². The van der Waals surface area contributed by atoms with Gasteiger partial charge in [0.2, 0.25) is 0 Å². The van der Waals surface area contributed by atoms with Gasteiger partial charge < -0.3 is 9.47 Å². The number of fused-ring (bicyclic) bond motifs is 1. The van der Waals surface area contributed by atoms with Crippen molar-refractivity contribution in [2.24, 2.45) is 0 Å². The van der Waals surface area contributed by atoms with Crippen LogP contribution in [0.25, 0.3) is 10.2 Å². The predicted molar refractivity (Wildman–Crippen MR) is 113 cm³/mol. The molecule has 0 aliphatic heterocycles. The Bertz CT molecular complexity index is 1060. The second-order valence-electron chi connectivity index (χ2n) is 6.69. The molecule has 0 N–H and O–H groups in total. The highest BCUT2D eigenvalue weighted by molar-refractivity contribution is 7.18. The number of rotatable bonds is 5. The van der Waals surface area contributed by atoms with Gasteiger partial charge >= 0.3 is 0 Å². The topological polar surface area (TPSA) is 38.1 Å². The summed E-state index contributed by atoms with van der Waals surface area (Å²) in [5.41, 5.74) is 3.89. The molecule has 1 amide bonds. The fourth-order valence-electron chi connectivity index (χ4n) is 3.29. The zero-order valence-corrected chi connectivity index (χ0v) is 17.2. The number of aryl methyl sites for hydroxylation is 1. The number of para-hydroxylation sites is 1. The number of thiophene rings is 1. The van der Waals surface area contributed by atoms with E-state index < -0.39 is 0 Å². The predicted octanol–water partition coefficient (Wildman–Crippen LogP) is 5.10. The standard InChI is InChI=1S/C21H21N3OS2/c1-14-11-17(15(2)24(14)12-16-7-6-10-26-16)21(25)23(3)13-20-22-18-8-4-5-9-19(18)27-20/h4-11H,12-13H2,1-3H3. The Morgan fingerprint density at radius 2 is 2.00 bits per heavy atom. The van der Waals surface area contributed by atoms with Gasteiger partial charge in [0, 0.05) is 23.3 Å². The van der Waals surface area contributed by atoms with Crippen molar-refractivity contribution >= 4 is 38.8 Å². The SMILES string of the molecule is Cc1cc(C(=O)N(C)Cc2nc3ccccc3s2)c(C)n1Cc1cccs1. The van der Waals surface area contributed by atoms with Gasteiger partial charge in [-0.1, -0.05) is 18.2 Å². The van der Waals surface area contributed by atoms with Crippen LogP contribution in [-0.2, 0) is 13.1 Å². The summed E-state index contributed by atoms with van der Waals surface area (Å²) in [7, 11) is 1.85. The van der Waals surface area contributed by atoms with Crippen molar-refractivity contribution in [3.05, 3.63) is 74.7 Å². The minimum atomic E-state index is 0.0415. The van der Waals surface area contributed by atoms with Crippen LogP contribution >= 0.6 is 22.7 Å². The van der Waals surface area contributed by atoms with Gasteiger partial charge in [0.15, 0.2) is 0 Å². The first kappa shape index (κ1) is 17.9. The van der Waals surface area contributed by atoms with E-state index in [1.165, 1.54) is 4.88 Å². The Morgan fingerprint density at radius 3 is 2.74 bits per heavy atom. The first-order valence-electron chi connectivity index (χ1n) is 8.82. The molecule has 0 spiro atoms. The van der Waals surface area contributed by atoms with E-state index in [0.29, 0.717) is 6.54 Å². The molecule has 4 nitrogen and oxygen atoms in total. The average Bonchev–Trinajstić information content (AvgIpc) is 3.36. The Labute approximate surface area is 166 Å². The highest BCUT2D eigenvalue weighted by atomic mass is 32.1. The Balaban J connectivity index is 1.54. The molecule has 3 aromatic heterocycles. The maximum absolute atomic E-state index is 13.0. The van der Waals surface area contributed by atoms with Crippen molar-refractivity contribution < 1.29 is 4.79 Å². The molecule has 4 aromatic rings. The largest absolute Gasteiger partial charge is 0.343 e. The van der Waals surface area contributed by atoms with E-state index in [1.54, 1.807) is 27.6 Å². The smallest absolute Gasteiger partial charge is 0.255 e. The van der Waals surface area contributed by atoms with Crippen LogP contribution in [0.2, 0.25) is 0 Å². The summed E-state index contributed by atoms with van der Waals surface area (Å²) in [6, 6.07) is 14.3. The molecule has 0 fully saturated rings. The summed E-state index contributed by atoms with van der Waals surface area (Å²) >= 11 is 3.38. The lowest BCUT2D eigenvalue weighted by Gasteiger charge is -2.16. The molecule has 0 saturated heterocycles. The van der Waals surface area contributed by atoms with Crippen molar-refractivity contribution in [2.75, 3.05) is 7.05 Å². The van der Waals surface area contributed by atoms with Crippen molar-refractivity contribution in [3.63, 3.8) is 0 Å². The molecule has 4 rings (SSSR count). The van der Waals surface area contributed by atoms with Gasteiger partial charge in [-0.2, -0.15) is 0 Å². The fourth-order valence-corrected chi connectivity index (χ4v) is 5.00. The van der Waals surface area contributed by atoms with Crippen LogP contribution in [0.1, 0.15) is 31.6 Å². The molecular formula is C21H21N3OS2. The Hall–Kier alpha value is -2.44. The van der Waals surface area contributed by atoms with Gasteiger partial charge in [0.05, 0.1) is 28.9 Å². The van der Waals surface area contributed by atoms with E-state index in [9.17, 15) is 4.79 Å². The van der Waals surface area contributed by atoms with Gasteiger partial charge in [-0.3, -0.25) is 4.79 Å². The minimum absolute atomic E-state index is 0.0415. The van der Waals surface area contributed by atoms with E-state index in [1.807, 2.05) is 38.2 Å². The van der Waals surface area contributed by atoms with E-state index in [2.05, 4.69) is 40.1 Å². The van der Waals surface area contributed by atoms with Crippen LogP contribution in [0.4, 0.5) is 0 Å². The molecule has 1 aromatic carbocycles. The summed E-state index contributed by atoms with van der Waals surface area (Å²) < 4.78 is 3.37.